The molecule has 2 heterocycles. The molecule has 0 aliphatic carbocycles. The SMILES string of the molecule is C=C1C=C(CC)C(CCCN(CC)Sc2cnn(C)c2C)CN1/N=C\C. The van der Waals surface area contributed by atoms with Crippen LogP contribution in [0, 0.1) is 12.8 Å². The van der Waals surface area contributed by atoms with Crippen molar-refractivity contribution in [2.45, 2.75) is 51.9 Å². The maximum atomic E-state index is 4.45. The van der Waals surface area contributed by atoms with E-state index in [1.165, 1.54) is 29.0 Å². The Hall–Kier alpha value is -1.53. The number of aromatic nitrogens is 2. The van der Waals surface area contributed by atoms with E-state index in [1.807, 2.05) is 48.0 Å². The summed E-state index contributed by atoms with van der Waals surface area (Å²) in [4.78, 5) is 1.25. The molecule has 0 saturated heterocycles. The first-order valence-corrected chi connectivity index (χ1v) is 10.3. The van der Waals surface area contributed by atoms with Gasteiger partial charge in [0.2, 0.25) is 0 Å². The molecular formula is C20H33N5S. The molecule has 144 valence electrons. The van der Waals surface area contributed by atoms with E-state index in [9.17, 15) is 0 Å². The van der Waals surface area contributed by atoms with E-state index in [1.54, 1.807) is 0 Å². The molecule has 2 rings (SSSR count). The standard InChI is InChI=1S/C20H33N5S/c1-7-18-13-16(4)25(21-8-2)15-19(18)11-10-12-24(9-3)26-20-14-22-23(6)17(20)5/h8,13-14,19H,4,7,9-12,15H2,1-3,5-6H3/b21-8-. The minimum atomic E-state index is 0.568. The number of rotatable bonds is 9. The molecule has 0 amide bonds. The summed E-state index contributed by atoms with van der Waals surface area (Å²) in [7, 11) is 2.00. The fourth-order valence-electron chi connectivity index (χ4n) is 3.27. The van der Waals surface area contributed by atoms with Crippen molar-refractivity contribution >= 4 is 18.2 Å². The van der Waals surface area contributed by atoms with Gasteiger partial charge in [-0.25, -0.2) is 4.31 Å². The third kappa shape index (κ3) is 5.24. The fourth-order valence-corrected chi connectivity index (χ4v) is 4.25. The van der Waals surface area contributed by atoms with E-state index in [-0.39, 0.29) is 0 Å². The van der Waals surface area contributed by atoms with Gasteiger partial charge in [-0.1, -0.05) is 26.0 Å². The number of hydrazone groups is 1. The van der Waals surface area contributed by atoms with Crippen molar-refractivity contribution in [3.63, 3.8) is 0 Å². The van der Waals surface area contributed by atoms with Gasteiger partial charge < -0.3 is 0 Å². The lowest BCUT2D eigenvalue weighted by atomic mass is 9.88. The maximum absolute atomic E-state index is 4.45. The van der Waals surface area contributed by atoms with Crippen molar-refractivity contribution < 1.29 is 0 Å². The first-order chi connectivity index (χ1) is 12.5. The molecule has 0 bridgehead atoms. The van der Waals surface area contributed by atoms with E-state index >= 15 is 0 Å². The summed E-state index contributed by atoms with van der Waals surface area (Å²) in [5, 5.41) is 10.8. The van der Waals surface area contributed by atoms with Crippen LogP contribution in [0.3, 0.4) is 0 Å². The van der Waals surface area contributed by atoms with Crippen LogP contribution in [0.25, 0.3) is 0 Å². The average molecular weight is 376 g/mol. The monoisotopic (exact) mass is 375 g/mol. The number of hydrogen-bond acceptors (Lipinski definition) is 5. The molecule has 1 aromatic rings. The molecule has 0 spiro atoms. The zero-order chi connectivity index (χ0) is 19.1. The predicted molar refractivity (Wildman–Crippen MR) is 112 cm³/mol. The van der Waals surface area contributed by atoms with Crippen molar-refractivity contribution in [1.82, 2.24) is 19.1 Å². The fraction of sp³-hybridized carbons (Fsp3) is 0.600. The van der Waals surface area contributed by atoms with Crippen LogP contribution in [0.1, 0.15) is 45.7 Å². The Kier molecular flexibility index (Phi) is 7.97. The second kappa shape index (κ2) is 9.97. The Labute approximate surface area is 163 Å². The molecule has 0 N–H and O–H groups in total. The molecule has 6 heteroatoms. The molecular weight excluding hydrogens is 342 g/mol. The van der Waals surface area contributed by atoms with Crippen molar-refractivity contribution in [2.24, 2.45) is 18.1 Å². The summed E-state index contributed by atoms with van der Waals surface area (Å²) in [5.41, 5.74) is 3.74. The summed E-state index contributed by atoms with van der Waals surface area (Å²) in [6.45, 7) is 15.7. The van der Waals surface area contributed by atoms with Gasteiger partial charge in [0.05, 0.1) is 16.8 Å². The highest BCUT2D eigenvalue weighted by Crippen LogP contribution is 2.30. The molecule has 1 aliphatic heterocycles. The van der Waals surface area contributed by atoms with E-state index in [0.29, 0.717) is 5.92 Å². The second-order valence-electron chi connectivity index (χ2n) is 6.69. The van der Waals surface area contributed by atoms with Crippen LogP contribution in [-0.2, 0) is 7.05 Å². The summed E-state index contributed by atoms with van der Waals surface area (Å²) in [6.07, 6.45) is 9.50. The molecule has 1 aromatic heterocycles. The van der Waals surface area contributed by atoms with Gasteiger partial charge in [-0.3, -0.25) is 9.69 Å². The van der Waals surface area contributed by atoms with Crippen LogP contribution in [0.15, 0.2) is 40.1 Å². The van der Waals surface area contributed by atoms with Crippen LogP contribution in [0.2, 0.25) is 0 Å². The number of allylic oxidation sites excluding steroid dienone is 1. The van der Waals surface area contributed by atoms with Crippen molar-refractivity contribution in [3.8, 4) is 0 Å². The van der Waals surface area contributed by atoms with Gasteiger partial charge in [0, 0.05) is 38.6 Å². The van der Waals surface area contributed by atoms with Crippen LogP contribution in [0.5, 0.6) is 0 Å². The van der Waals surface area contributed by atoms with Gasteiger partial charge in [0.1, 0.15) is 0 Å². The largest absolute Gasteiger partial charge is 0.272 e. The lowest BCUT2D eigenvalue weighted by Gasteiger charge is -2.32. The topological polar surface area (TPSA) is 36.7 Å². The molecule has 1 aliphatic rings. The molecule has 0 radical (unpaired) electrons. The first-order valence-electron chi connectivity index (χ1n) is 9.57. The molecule has 5 nitrogen and oxygen atoms in total. The zero-order valence-electron chi connectivity index (χ0n) is 16.9. The predicted octanol–water partition coefficient (Wildman–Crippen LogP) is 4.63. The van der Waals surface area contributed by atoms with E-state index in [0.717, 1.165) is 31.8 Å². The summed E-state index contributed by atoms with van der Waals surface area (Å²) >= 11 is 1.83. The minimum absolute atomic E-state index is 0.568. The Bertz CT molecular complexity index is 661. The third-order valence-corrected chi connectivity index (χ3v) is 6.29. The Morgan fingerprint density at radius 1 is 1.46 bits per heavy atom. The first kappa shape index (κ1) is 20.8. The number of aryl methyl sites for hydroxylation is 1. The highest BCUT2D eigenvalue weighted by Gasteiger charge is 2.23. The average Bonchev–Trinajstić information content (AvgIpc) is 2.95. The number of hydrogen-bond donors (Lipinski definition) is 0. The van der Waals surface area contributed by atoms with Gasteiger partial charge in [-0.05, 0) is 57.1 Å². The summed E-state index contributed by atoms with van der Waals surface area (Å²) in [5.74, 6) is 0.568. The third-order valence-electron chi connectivity index (χ3n) is 4.99. The molecule has 0 saturated carbocycles. The van der Waals surface area contributed by atoms with Gasteiger partial charge >= 0.3 is 0 Å². The van der Waals surface area contributed by atoms with E-state index in [4.69, 9.17) is 0 Å². The molecule has 26 heavy (non-hydrogen) atoms. The molecule has 1 atom stereocenters. The van der Waals surface area contributed by atoms with E-state index < -0.39 is 0 Å². The van der Waals surface area contributed by atoms with Gasteiger partial charge in [-0.15, -0.1) is 0 Å². The Morgan fingerprint density at radius 2 is 2.23 bits per heavy atom. The summed E-state index contributed by atoms with van der Waals surface area (Å²) in [6, 6.07) is 0. The lowest BCUT2D eigenvalue weighted by Crippen LogP contribution is -2.30. The second-order valence-corrected chi connectivity index (χ2v) is 7.83. The van der Waals surface area contributed by atoms with Crippen molar-refractivity contribution in [1.29, 1.82) is 0 Å². The van der Waals surface area contributed by atoms with E-state index in [2.05, 4.69) is 47.9 Å². The lowest BCUT2D eigenvalue weighted by molar-refractivity contribution is 0.292. The highest BCUT2D eigenvalue weighted by molar-refractivity contribution is 7.97. The van der Waals surface area contributed by atoms with Crippen LogP contribution in [0.4, 0.5) is 0 Å². The van der Waals surface area contributed by atoms with Crippen LogP contribution in [-0.4, -0.2) is 44.9 Å². The van der Waals surface area contributed by atoms with Gasteiger partial charge in [0.25, 0.3) is 0 Å². The van der Waals surface area contributed by atoms with Crippen molar-refractivity contribution in [2.75, 3.05) is 19.6 Å². The highest BCUT2D eigenvalue weighted by atomic mass is 32.2. The van der Waals surface area contributed by atoms with Gasteiger partial charge in [0.15, 0.2) is 0 Å². The minimum Gasteiger partial charge on any atom is -0.272 e. The zero-order valence-corrected chi connectivity index (χ0v) is 17.7. The Morgan fingerprint density at radius 3 is 2.81 bits per heavy atom. The molecule has 0 aromatic carbocycles. The smallest absolute Gasteiger partial charge is 0.0641 e. The Balaban J connectivity index is 1.90. The summed E-state index contributed by atoms with van der Waals surface area (Å²) < 4.78 is 4.37. The number of nitrogens with zero attached hydrogens (tertiary/aromatic N) is 5. The quantitative estimate of drug-likeness (QED) is 0.466. The molecule has 1 unspecified atom stereocenters. The maximum Gasteiger partial charge on any atom is 0.0641 e. The van der Waals surface area contributed by atoms with Gasteiger partial charge in [-0.2, -0.15) is 10.2 Å². The van der Waals surface area contributed by atoms with Crippen LogP contribution >= 0.6 is 11.9 Å². The van der Waals surface area contributed by atoms with Crippen LogP contribution < -0.4 is 0 Å². The normalized spacial score (nSPS) is 18.2. The molecule has 0 fully saturated rings. The van der Waals surface area contributed by atoms with Crippen molar-refractivity contribution in [3.05, 3.63) is 35.8 Å².